The fourth-order valence-corrected chi connectivity index (χ4v) is 2.78. The Bertz CT molecular complexity index is 846. The Balaban J connectivity index is 1.67. The average Bonchev–Trinajstić information content (AvgIpc) is 3.05. The number of nitrogens with zero attached hydrogens (tertiary/aromatic N) is 2. The number of ether oxygens (including phenoxy) is 1. The molecule has 0 spiro atoms. The lowest BCUT2D eigenvalue weighted by atomic mass is 10.2. The molecule has 0 unspecified atom stereocenters. The number of carbonyl (C=O) groups excluding carboxylic acids is 1. The van der Waals surface area contributed by atoms with Gasteiger partial charge in [0.2, 0.25) is 5.13 Å². The molecule has 0 saturated heterocycles. The van der Waals surface area contributed by atoms with Gasteiger partial charge in [0.25, 0.3) is 0 Å². The van der Waals surface area contributed by atoms with Gasteiger partial charge in [-0.15, -0.1) is 10.2 Å². The van der Waals surface area contributed by atoms with Crippen LogP contribution in [0.15, 0.2) is 48.5 Å². The third-order valence-electron chi connectivity index (χ3n) is 3.27. The van der Waals surface area contributed by atoms with Crippen molar-refractivity contribution in [3.05, 3.63) is 54.1 Å². The molecule has 0 bridgehead atoms. The van der Waals surface area contributed by atoms with Crippen LogP contribution < -0.4 is 15.4 Å². The lowest BCUT2D eigenvalue weighted by Gasteiger charge is -2.05. The van der Waals surface area contributed by atoms with Gasteiger partial charge in [0, 0.05) is 11.3 Å². The Kier molecular flexibility index (Phi) is 4.72. The minimum absolute atomic E-state index is 0.354. The van der Waals surface area contributed by atoms with Crippen molar-refractivity contribution in [1.29, 1.82) is 0 Å². The standard InChI is InChI=1S/C17H16N4O2S/c1-11-6-8-13(9-7-11)18-16(22)19-17-21-20-15(24-17)12-4-3-5-14(10-12)23-2/h3-10H,1-2H3,(H2,18,19,21,22). The first-order valence-electron chi connectivity index (χ1n) is 7.26. The number of methoxy groups -OCH3 is 1. The zero-order chi connectivity index (χ0) is 16.9. The summed E-state index contributed by atoms with van der Waals surface area (Å²) in [4.78, 5) is 12.0. The molecule has 0 atom stereocenters. The van der Waals surface area contributed by atoms with E-state index in [2.05, 4.69) is 20.8 Å². The number of nitrogens with one attached hydrogen (secondary N) is 2. The van der Waals surface area contributed by atoms with Crippen LogP contribution in [0.4, 0.5) is 15.6 Å². The number of aromatic nitrogens is 2. The molecular weight excluding hydrogens is 324 g/mol. The molecule has 0 radical (unpaired) electrons. The van der Waals surface area contributed by atoms with Gasteiger partial charge >= 0.3 is 6.03 Å². The molecule has 122 valence electrons. The zero-order valence-corrected chi connectivity index (χ0v) is 14.1. The Morgan fingerprint density at radius 2 is 1.88 bits per heavy atom. The maximum atomic E-state index is 12.0. The van der Waals surface area contributed by atoms with Crippen molar-refractivity contribution in [1.82, 2.24) is 10.2 Å². The van der Waals surface area contributed by atoms with E-state index in [1.165, 1.54) is 11.3 Å². The molecule has 0 aliphatic carbocycles. The van der Waals surface area contributed by atoms with Gasteiger partial charge in [0.15, 0.2) is 0 Å². The highest BCUT2D eigenvalue weighted by Crippen LogP contribution is 2.28. The summed E-state index contributed by atoms with van der Waals surface area (Å²) < 4.78 is 5.20. The van der Waals surface area contributed by atoms with Crippen molar-refractivity contribution in [2.45, 2.75) is 6.92 Å². The number of amides is 2. The summed E-state index contributed by atoms with van der Waals surface area (Å²) in [6.07, 6.45) is 0. The van der Waals surface area contributed by atoms with E-state index in [0.717, 1.165) is 22.6 Å². The van der Waals surface area contributed by atoms with Gasteiger partial charge in [-0.1, -0.05) is 41.2 Å². The van der Waals surface area contributed by atoms with Crippen LogP contribution in [0.3, 0.4) is 0 Å². The molecule has 2 amide bonds. The van der Waals surface area contributed by atoms with E-state index < -0.39 is 0 Å². The summed E-state index contributed by atoms with van der Waals surface area (Å²) in [5.41, 5.74) is 2.74. The predicted octanol–water partition coefficient (Wildman–Crippen LogP) is 4.17. The number of aryl methyl sites for hydroxylation is 1. The Morgan fingerprint density at radius 3 is 2.62 bits per heavy atom. The van der Waals surface area contributed by atoms with Crippen LogP contribution in [0, 0.1) is 6.92 Å². The molecular formula is C17H16N4O2S. The average molecular weight is 340 g/mol. The van der Waals surface area contributed by atoms with Crippen LogP contribution in [0.2, 0.25) is 0 Å². The molecule has 2 N–H and O–H groups in total. The molecule has 0 aliphatic heterocycles. The minimum Gasteiger partial charge on any atom is -0.497 e. The van der Waals surface area contributed by atoms with Gasteiger partial charge in [0.05, 0.1) is 7.11 Å². The number of hydrogen-bond acceptors (Lipinski definition) is 5. The quantitative estimate of drug-likeness (QED) is 0.747. The van der Waals surface area contributed by atoms with Gasteiger partial charge in [-0.05, 0) is 31.2 Å². The number of anilines is 2. The Morgan fingerprint density at radius 1 is 1.08 bits per heavy atom. The van der Waals surface area contributed by atoms with Crippen molar-refractivity contribution in [2.24, 2.45) is 0 Å². The van der Waals surface area contributed by atoms with E-state index in [-0.39, 0.29) is 6.03 Å². The Labute approximate surface area is 143 Å². The molecule has 0 saturated carbocycles. The maximum Gasteiger partial charge on any atom is 0.325 e. The van der Waals surface area contributed by atoms with E-state index in [1.54, 1.807) is 7.11 Å². The van der Waals surface area contributed by atoms with Crippen molar-refractivity contribution in [3.63, 3.8) is 0 Å². The second-order valence-corrected chi connectivity index (χ2v) is 6.07. The molecule has 2 aromatic carbocycles. The highest BCUT2D eigenvalue weighted by atomic mass is 32.1. The van der Waals surface area contributed by atoms with Crippen molar-refractivity contribution < 1.29 is 9.53 Å². The maximum absolute atomic E-state index is 12.0. The van der Waals surface area contributed by atoms with Crippen LogP contribution in [-0.2, 0) is 0 Å². The second kappa shape index (κ2) is 7.10. The molecule has 0 aliphatic rings. The van der Waals surface area contributed by atoms with Crippen molar-refractivity contribution in [2.75, 3.05) is 17.7 Å². The summed E-state index contributed by atoms with van der Waals surface area (Å²) in [6, 6.07) is 14.7. The van der Waals surface area contributed by atoms with Crippen LogP contribution in [-0.4, -0.2) is 23.3 Å². The van der Waals surface area contributed by atoms with Gasteiger partial charge in [-0.3, -0.25) is 5.32 Å². The number of benzene rings is 2. The van der Waals surface area contributed by atoms with Gasteiger partial charge in [-0.25, -0.2) is 4.79 Å². The van der Waals surface area contributed by atoms with E-state index in [4.69, 9.17) is 4.74 Å². The number of hydrogen-bond donors (Lipinski definition) is 2. The fourth-order valence-electron chi connectivity index (χ4n) is 2.04. The largest absolute Gasteiger partial charge is 0.497 e. The number of carbonyl (C=O) groups is 1. The molecule has 1 aromatic heterocycles. The summed E-state index contributed by atoms with van der Waals surface area (Å²) >= 11 is 1.30. The third-order valence-corrected chi connectivity index (χ3v) is 4.16. The normalized spacial score (nSPS) is 10.2. The first-order valence-corrected chi connectivity index (χ1v) is 8.08. The van der Waals surface area contributed by atoms with Crippen LogP contribution in [0.5, 0.6) is 5.75 Å². The summed E-state index contributed by atoms with van der Waals surface area (Å²) in [5, 5.41) is 14.7. The highest BCUT2D eigenvalue weighted by molar-refractivity contribution is 7.18. The molecule has 7 heteroatoms. The zero-order valence-electron chi connectivity index (χ0n) is 13.2. The van der Waals surface area contributed by atoms with Crippen LogP contribution in [0.1, 0.15) is 5.56 Å². The topological polar surface area (TPSA) is 76.1 Å². The van der Waals surface area contributed by atoms with E-state index in [1.807, 2.05) is 55.5 Å². The molecule has 6 nitrogen and oxygen atoms in total. The third kappa shape index (κ3) is 3.88. The SMILES string of the molecule is COc1cccc(-c2nnc(NC(=O)Nc3ccc(C)cc3)s2)c1. The van der Waals surface area contributed by atoms with Crippen LogP contribution in [0.25, 0.3) is 10.6 Å². The van der Waals surface area contributed by atoms with Gasteiger partial charge < -0.3 is 10.1 Å². The summed E-state index contributed by atoms with van der Waals surface area (Å²) in [5.74, 6) is 0.745. The predicted molar refractivity (Wildman–Crippen MR) is 95.7 cm³/mol. The molecule has 0 fully saturated rings. The smallest absolute Gasteiger partial charge is 0.325 e. The minimum atomic E-state index is -0.354. The lowest BCUT2D eigenvalue weighted by Crippen LogP contribution is -2.19. The summed E-state index contributed by atoms with van der Waals surface area (Å²) in [7, 11) is 1.61. The van der Waals surface area contributed by atoms with E-state index in [0.29, 0.717) is 10.1 Å². The van der Waals surface area contributed by atoms with Crippen molar-refractivity contribution >= 4 is 28.2 Å². The van der Waals surface area contributed by atoms with E-state index >= 15 is 0 Å². The Hall–Kier alpha value is -2.93. The highest BCUT2D eigenvalue weighted by Gasteiger charge is 2.10. The lowest BCUT2D eigenvalue weighted by molar-refractivity contribution is 0.262. The fraction of sp³-hybridized carbons (Fsp3) is 0.118. The number of urea groups is 1. The first-order chi connectivity index (χ1) is 11.6. The van der Waals surface area contributed by atoms with Crippen LogP contribution >= 0.6 is 11.3 Å². The van der Waals surface area contributed by atoms with Gasteiger partial charge in [-0.2, -0.15) is 0 Å². The second-order valence-electron chi connectivity index (χ2n) is 5.09. The number of rotatable bonds is 4. The first kappa shape index (κ1) is 15.9. The van der Waals surface area contributed by atoms with E-state index in [9.17, 15) is 4.79 Å². The van der Waals surface area contributed by atoms with Gasteiger partial charge in [0.1, 0.15) is 10.8 Å². The van der Waals surface area contributed by atoms with Crippen molar-refractivity contribution in [3.8, 4) is 16.3 Å². The molecule has 24 heavy (non-hydrogen) atoms. The summed E-state index contributed by atoms with van der Waals surface area (Å²) in [6.45, 7) is 1.99. The molecule has 3 rings (SSSR count). The molecule has 3 aromatic rings. The molecule has 1 heterocycles. The monoisotopic (exact) mass is 340 g/mol.